The number of nitrogens with zero attached hydrogens (tertiary/aromatic N) is 1. The van der Waals surface area contributed by atoms with E-state index < -0.39 is 10.0 Å². The van der Waals surface area contributed by atoms with Crippen molar-refractivity contribution in [1.29, 1.82) is 5.26 Å². The van der Waals surface area contributed by atoms with Gasteiger partial charge >= 0.3 is 0 Å². The molecule has 0 bridgehead atoms. The fraction of sp³-hybridized carbons (Fsp3) is 0.500. The van der Waals surface area contributed by atoms with Crippen molar-refractivity contribution in [3.8, 4) is 6.07 Å². The second kappa shape index (κ2) is 5.72. The Morgan fingerprint density at radius 3 is 1.79 bits per heavy atom. The van der Waals surface area contributed by atoms with Crippen LogP contribution in [-0.4, -0.2) is 15.0 Å². The molecule has 0 heterocycles. The van der Waals surface area contributed by atoms with Crippen molar-refractivity contribution < 1.29 is 8.42 Å². The van der Waals surface area contributed by atoms with Crippen LogP contribution in [0.3, 0.4) is 0 Å². The summed E-state index contributed by atoms with van der Waals surface area (Å²) in [6, 6.07) is 1.93. The minimum absolute atomic E-state index is 0.143. The molecule has 0 aliphatic heterocycles. The first kappa shape index (κ1) is 15.7. The highest BCUT2D eigenvalue weighted by molar-refractivity contribution is 7.89. The predicted octanol–water partition coefficient (Wildman–Crippen LogP) is 2.42. The first-order valence-corrected chi connectivity index (χ1v) is 7.66. The fourth-order valence-electron chi connectivity index (χ4n) is 2.18. The van der Waals surface area contributed by atoms with Gasteiger partial charge in [-0.3, -0.25) is 0 Å². The highest BCUT2D eigenvalue weighted by Gasteiger charge is 2.22. The van der Waals surface area contributed by atoms with Crippen molar-refractivity contribution in [2.24, 2.45) is 0 Å². The van der Waals surface area contributed by atoms with Crippen LogP contribution in [0.2, 0.25) is 0 Å². The van der Waals surface area contributed by atoms with Crippen molar-refractivity contribution in [3.63, 3.8) is 0 Å². The third-order valence-electron chi connectivity index (χ3n) is 3.73. The van der Waals surface area contributed by atoms with Gasteiger partial charge in [-0.2, -0.15) is 5.26 Å². The van der Waals surface area contributed by atoms with E-state index in [1.807, 2.05) is 40.7 Å². The summed E-state index contributed by atoms with van der Waals surface area (Å²) in [4.78, 5) is 0.353. The molecule has 0 spiro atoms. The average molecular weight is 280 g/mol. The van der Waals surface area contributed by atoms with Gasteiger partial charge in [-0.1, -0.05) is 0 Å². The van der Waals surface area contributed by atoms with Gasteiger partial charge < -0.3 is 0 Å². The second-order valence-corrected chi connectivity index (χ2v) is 6.46. The van der Waals surface area contributed by atoms with Gasteiger partial charge in [-0.15, -0.1) is 0 Å². The molecule has 1 rings (SSSR count). The van der Waals surface area contributed by atoms with Gasteiger partial charge in [0, 0.05) is 13.0 Å². The van der Waals surface area contributed by atoms with Crippen molar-refractivity contribution >= 4 is 10.0 Å². The summed E-state index contributed by atoms with van der Waals surface area (Å²) in [5.41, 5.74) is 4.70. The molecule has 1 N–H and O–H groups in total. The molecule has 0 fully saturated rings. The number of nitriles is 1. The van der Waals surface area contributed by atoms with Crippen LogP contribution in [0.5, 0.6) is 0 Å². The van der Waals surface area contributed by atoms with E-state index in [1.165, 1.54) is 0 Å². The monoisotopic (exact) mass is 280 g/mol. The van der Waals surface area contributed by atoms with Crippen LogP contribution in [0, 0.1) is 45.9 Å². The summed E-state index contributed by atoms with van der Waals surface area (Å²) in [5, 5.41) is 8.48. The summed E-state index contributed by atoms with van der Waals surface area (Å²) in [7, 11) is -3.56. The number of benzene rings is 1. The van der Waals surface area contributed by atoms with E-state index in [2.05, 4.69) is 4.72 Å². The lowest BCUT2D eigenvalue weighted by Crippen LogP contribution is -2.26. The molecule has 1 aromatic carbocycles. The van der Waals surface area contributed by atoms with Crippen molar-refractivity contribution in [3.05, 3.63) is 27.8 Å². The Balaban J connectivity index is 3.40. The van der Waals surface area contributed by atoms with Gasteiger partial charge in [0.2, 0.25) is 10.0 Å². The zero-order valence-corrected chi connectivity index (χ0v) is 12.9. The number of rotatable bonds is 4. The van der Waals surface area contributed by atoms with Crippen LogP contribution in [0.4, 0.5) is 0 Å². The Bertz CT molecular complexity index is 611. The number of hydrogen-bond acceptors (Lipinski definition) is 3. The van der Waals surface area contributed by atoms with Gasteiger partial charge in [0.05, 0.1) is 11.0 Å². The summed E-state index contributed by atoms with van der Waals surface area (Å²) < 4.78 is 27.2. The van der Waals surface area contributed by atoms with E-state index in [9.17, 15) is 8.42 Å². The van der Waals surface area contributed by atoms with Crippen molar-refractivity contribution in [1.82, 2.24) is 4.72 Å². The van der Waals surface area contributed by atoms with E-state index in [1.54, 1.807) is 0 Å². The normalized spacial score (nSPS) is 11.4. The molecular weight excluding hydrogens is 260 g/mol. The Morgan fingerprint density at radius 2 is 1.37 bits per heavy atom. The SMILES string of the molecule is Cc1c(C)c(C)c(S(=O)(=O)NCCC#N)c(C)c1C. The lowest BCUT2D eigenvalue weighted by molar-refractivity contribution is 0.580. The summed E-state index contributed by atoms with van der Waals surface area (Å²) in [6.07, 6.45) is 0.168. The summed E-state index contributed by atoms with van der Waals surface area (Å²) in [5.74, 6) is 0. The molecule has 0 radical (unpaired) electrons. The summed E-state index contributed by atoms with van der Waals surface area (Å²) in [6.45, 7) is 9.67. The highest BCUT2D eigenvalue weighted by Crippen LogP contribution is 2.29. The Labute approximate surface area is 115 Å². The molecule has 0 unspecified atom stereocenters. The number of sulfonamides is 1. The van der Waals surface area contributed by atoms with Gasteiger partial charge in [0.15, 0.2) is 0 Å². The predicted molar refractivity (Wildman–Crippen MR) is 75.5 cm³/mol. The van der Waals surface area contributed by atoms with E-state index >= 15 is 0 Å². The van der Waals surface area contributed by atoms with Crippen LogP contribution in [0.1, 0.15) is 34.2 Å². The first-order valence-electron chi connectivity index (χ1n) is 6.17. The highest BCUT2D eigenvalue weighted by atomic mass is 32.2. The molecule has 5 heteroatoms. The quantitative estimate of drug-likeness (QED) is 0.861. The Morgan fingerprint density at radius 1 is 0.947 bits per heavy atom. The molecule has 1 aromatic rings. The van der Waals surface area contributed by atoms with Crippen molar-refractivity contribution in [2.45, 2.75) is 45.9 Å². The Hall–Kier alpha value is -1.38. The maximum absolute atomic E-state index is 12.3. The molecule has 0 aliphatic rings. The average Bonchev–Trinajstić information content (AvgIpc) is 2.34. The van der Waals surface area contributed by atoms with Crippen LogP contribution in [0.15, 0.2) is 4.90 Å². The zero-order chi connectivity index (χ0) is 14.8. The largest absolute Gasteiger partial charge is 0.241 e. The second-order valence-electron chi connectivity index (χ2n) is 4.76. The zero-order valence-electron chi connectivity index (χ0n) is 12.1. The molecule has 19 heavy (non-hydrogen) atoms. The summed E-state index contributed by atoms with van der Waals surface area (Å²) >= 11 is 0. The minimum atomic E-state index is -3.56. The van der Waals surface area contributed by atoms with Gasteiger partial charge in [0.25, 0.3) is 0 Å². The van der Waals surface area contributed by atoms with Gasteiger partial charge in [-0.25, -0.2) is 13.1 Å². The van der Waals surface area contributed by atoms with Gasteiger partial charge in [0.1, 0.15) is 0 Å². The Kier molecular flexibility index (Phi) is 4.72. The number of nitrogens with one attached hydrogen (secondary N) is 1. The van der Waals surface area contributed by atoms with Crippen LogP contribution < -0.4 is 4.72 Å². The van der Waals surface area contributed by atoms with E-state index in [0.29, 0.717) is 4.90 Å². The third-order valence-corrected chi connectivity index (χ3v) is 5.46. The molecular formula is C14H20N2O2S. The van der Waals surface area contributed by atoms with Crippen LogP contribution in [-0.2, 0) is 10.0 Å². The minimum Gasteiger partial charge on any atom is -0.210 e. The van der Waals surface area contributed by atoms with E-state index in [4.69, 9.17) is 5.26 Å². The fourth-order valence-corrected chi connectivity index (χ4v) is 3.81. The molecule has 0 aromatic heterocycles. The lowest BCUT2D eigenvalue weighted by Gasteiger charge is -2.18. The molecule has 0 amide bonds. The first-order chi connectivity index (χ1) is 8.74. The standard InChI is InChI=1S/C14H20N2O2S/c1-9-10(2)12(4)14(13(5)11(9)3)19(17,18)16-8-6-7-15/h16H,6,8H2,1-5H3. The van der Waals surface area contributed by atoms with Crippen LogP contribution in [0.25, 0.3) is 0 Å². The smallest absolute Gasteiger partial charge is 0.210 e. The van der Waals surface area contributed by atoms with Crippen LogP contribution >= 0.6 is 0 Å². The molecule has 104 valence electrons. The topological polar surface area (TPSA) is 70.0 Å². The number of hydrogen-bond donors (Lipinski definition) is 1. The molecule has 0 saturated heterocycles. The maximum Gasteiger partial charge on any atom is 0.241 e. The molecule has 0 atom stereocenters. The lowest BCUT2D eigenvalue weighted by atomic mass is 9.95. The maximum atomic E-state index is 12.3. The van der Waals surface area contributed by atoms with E-state index in [0.717, 1.165) is 27.8 Å². The third kappa shape index (κ3) is 2.96. The molecule has 0 saturated carbocycles. The van der Waals surface area contributed by atoms with E-state index in [-0.39, 0.29) is 13.0 Å². The van der Waals surface area contributed by atoms with Crippen molar-refractivity contribution in [2.75, 3.05) is 6.54 Å². The van der Waals surface area contributed by atoms with Gasteiger partial charge in [-0.05, 0) is 62.4 Å². The molecule has 4 nitrogen and oxygen atoms in total. The molecule has 0 aliphatic carbocycles.